The van der Waals surface area contributed by atoms with Crippen LogP contribution in [0.2, 0.25) is 0 Å². The van der Waals surface area contributed by atoms with Crippen molar-refractivity contribution in [2.75, 3.05) is 5.73 Å². The highest BCUT2D eigenvalue weighted by molar-refractivity contribution is 5.47. The van der Waals surface area contributed by atoms with Crippen molar-refractivity contribution >= 4 is 5.69 Å². The molecule has 1 aliphatic carbocycles. The van der Waals surface area contributed by atoms with Crippen LogP contribution in [0.5, 0.6) is 0 Å². The molecule has 2 aromatic rings. The van der Waals surface area contributed by atoms with E-state index in [1.807, 2.05) is 0 Å². The van der Waals surface area contributed by atoms with Crippen LogP contribution in [0, 0.1) is 0 Å². The number of nitrogens with two attached hydrogens (primary N) is 1. The Hall–Kier alpha value is -1.77. The van der Waals surface area contributed by atoms with Crippen molar-refractivity contribution in [3.05, 3.63) is 47.3 Å². The molecule has 0 amide bonds. The molecule has 0 fully saturated rings. The van der Waals surface area contributed by atoms with Gasteiger partial charge >= 0.3 is 0 Å². The van der Waals surface area contributed by atoms with E-state index in [9.17, 15) is 0 Å². The molecule has 0 saturated carbocycles. The molecule has 3 nitrogen and oxygen atoms in total. The van der Waals surface area contributed by atoms with E-state index in [2.05, 4.69) is 29.4 Å². The van der Waals surface area contributed by atoms with Gasteiger partial charge in [0.1, 0.15) is 0 Å². The highest BCUT2D eigenvalue weighted by Gasteiger charge is 2.25. The van der Waals surface area contributed by atoms with Gasteiger partial charge in [0.15, 0.2) is 5.76 Å². The van der Waals surface area contributed by atoms with E-state index >= 15 is 0 Å². The Morgan fingerprint density at radius 1 is 1.31 bits per heavy atom. The predicted molar refractivity (Wildman–Crippen MR) is 62.1 cm³/mol. The number of aryl methyl sites for hydroxylation is 1. The summed E-state index contributed by atoms with van der Waals surface area (Å²) in [6.07, 6.45) is 5.02. The molecule has 3 rings (SSSR count). The van der Waals surface area contributed by atoms with E-state index in [-0.39, 0.29) is 5.92 Å². The van der Waals surface area contributed by atoms with Gasteiger partial charge in [-0.25, -0.2) is 0 Å². The van der Waals surface area contributed by atoms with Crippen LogP contribution in [0.3, 0.4) is 0 Å². The number of benzene rings is 1. The van der Waals surface area contributed by atoms with Crippen LogP contribution in [-0.4, -0.2) is 5.16 Å². The Morgan fingerprint density at radius 3 is 3.00 bits per heavy atom. The van der Waals surface area contributed by atoms with Crippen LogP contribution in [0.1, 0.15) is 35.6 Å². The van der Waals surface area contributed by atoms with E-state index in [0.717, 1.165) is 18.6 Å². The van der Waals surface area contributed by atoms with Crippen molar-refractivity contribution < 1.29 is 4.52 Å². The third-order valence-electron chi connectivity index (χ3n) is 3.31. The highest BCUT2D eigenvalue weighted by atomic mass is 16.5. The van der Waals surface area contributed by atoms with Gasteiger partial charge in [-0.05, 0) is 30.4 Å². The SMILES string of the molecule is Nc1cnoc1C1CCCc2ccccc21. The third-order valence-corrected chi connectivity index (χ3v) is 3.31. The number of nitrogen functional groups attached to an aromatic ring is 1. The van der Waals surface area contributed by atoms with Gasteiger partial charge in [0.2, 0.25) is 0 Å². The molecule has 3 heteroatoms. The molecule has 1 aromatic heterocycles. The number of rotatable bonds is 1. The number of fused-ring (bicyclic) bond motifs is 1. The Kier molecular flexibility index (Phi) is 2.17. The first-order valence-corrected chi connectivity index (χ1v) is 5.64. The smallest absolute Gasteiger partial charge is 0.167 e. The molecule has 1 atom stereocenters. The number of hydrogen-bond acceptors (Lipinski definition) is 3. The molecule has 16 heavy (non-hydrogen) atoms. The van der Waals surface area contributed by atoms with Crippen molar-refractivity contribution in [1.29, 1.82) is 0 Å². The van der Waals surface area contributed by atoms with Crippen molar-refractivity contribution in [2.45, 2.75) is 25.2 Å². The lowest BCUT2D eigenvalue weighted by Crippen LogP contribution is -2.11. The zero-order valence-corrected chi connectivity index (χ0v) is 9.02. The summed E-state index contributed by atoms with van der Waals surface area (Å²) in [6, 6.07) is 8.52. The molecule has 0 spiro atoms. The van der Waals surface area contributed by atoms with Crippen LogP contribution < -0.4 is 5.73 Å². The molecule has 1 aliphatic rings. The maximum absolute atomic E-state index is 5.87. The van der Waals surface area contributed by atoms with Gasteiger partial charge < -0.3 is 10.3 Å². The maximum atomic E-state index is 5.87. The topological polar surface area (TPSA) is 52.0 Å². The molecule has 0 radical (unpaired) electrons. The highest BCUT2D eigenvalue weighted by Crippen LogP contribution is 2.38. The molecule has 2 N–H and O–H groups in total. The summed E-state index contributed by atoms with van der Waals surface area (Å²) >= 11 is 0. The van der Waals surface area contributed by atoms with Gasteiger partial charge in [-0.15, -0.1) is 0 Å². The minimum absolute atomic E-state index is 0.285. The van der Waals surface area contributed by atoms with Gasteiger partial charge in [0.05, 0.1) is 11.9 Å². The fourth-order valence-electron chi connectivity index (χ4n) is 2.55. The normalized spacial score (nSPS) is 19.4. The molecular formula is C13H14N2O. The van der Waals surface area contributed by atoms with Gasteiger partial charge in [-0.2, -0.15) is 0 Å². The monoisotopic (exact) mass is 214 g/mol. The van der Waals surface area contributed by atoms with E-state index in [1.54, 1.807) is 6.20 Å². The van der Waals surface area contributed by atoms with Crippen molar-refractivity contribution in [3.8, 4) is 0 Å². The molecule has 1 heterocycles. The van der Waals surface area contributed by atoms with Crippen LogP contribution in [0.15, 0.2) is 35.0 Å². The average Bonchev–Trinajstić information content (AvgIpc) is 2.75. The molecule has 0 saturated heterocycles. The second-order valence-corrected chi connectivity index (χ2v) is 4.29. The van der Waals surface area contributed by atoms with E-state index < -0.39 is 0 Å². The first kappa shape index (κ1) is 9.46. The first-order chi connectivity index (χ1) is 7.86. The summed E-state index contributed by atoms with van der Waals surface area (Å²) in [5, 5.41) is 3.77. The van der Waals surface area contributed by atoms with Crippen LogP contribution in [-0.2, 0) is 6.42 Å². The van der Waals surface area contributed by atoms with Gasteiger partial charge in [0, 0.05) is 5.92 Å². The number of nitrogens with zero attached hydrogens (tertiary/aromatic N) is 1. The summed E-state index contributed by atoms with van der Waals surface area (Å²) < 4.78 is 5.29. The van der Waals surface area contributed by atoms with Gasteiger partial charge in [0.25, 0.3) is 0 Å². The summed E-state index contributed by atoms with van der Waals surface area (Å²) in [6.45, 7) is 0. The Morgan fingerprint density at radius 2 is 2.19 bits per heavy atom. The largest absolute Gasteiger partial charge is 0.395 e. The molecule has 82 valence electrons. The minimum atomic E-state index is 0.285. The molecule has 0 bridgehead atoms. The van der Waals surface area contributed by atoms with Crippen LogP contribution in [0.25, 0.3) is 0 Å². The fraction of sp³-hybridized carbons (Fsp3) is 0.308. The van der Waals surface area contributed by atoms with Crippen LogP contribution in [0.4, 0.5) is 5.69 Å². The average molecular weight is 214 g/mol. The van der Waals surface area contributed by atoms with Gasteiger partial charge in [-0.1, -0.05) is 29.4 Å². The summed E-state index contributed by atoms with van der Waals surface area (Å²) in [4.78, 5) is 0. The minimum Gasteiger partial charge on any atom is -0.395 e. The maximum Gasteiger partial charge on any atom is 0.167 e. The van der Waals surface area contributed by atoms with Crippen molar-refractivity contribution in [2.24, 2.45) is 0 Å². The number of hydrogen-bond donors (Lipinski definition) is 1. The van der Waals surface area contributed by atoms with E-state index in [1.165, 1.54) is 17.5 Å². The lowest BCUT2D eigenvalue weighted by atomic mass is 9.81. The summed E-state index contributed by atoms with van der Waals surface area (Å²) in [7, 11) is 0. The number of aromatic nitrogens is 1. The van der Waals surface area contributed by atoms with E-state index in [4.69, 9.17) is 10.3 Å². The predicted octanol–water partition coefficient (Wildman–Crippen LogP) is 2.73. The Labute approximate surface area is 94.2 Å². The standard InChI is InChI=1S/C13H14N2O/c14-12-8-15-16-13(12)11-7-3-5-9-4-1-2-6-10(9)11/h1-2,4,6,8,11H,3,5,7,14H2. The summed E-state index contributed by atoms with van der Waals surface area (Å²) in [5.74, 6) is 1.11. The second kappa shape index (κ2) is 3.67. The molecular weight excluding hydrogens is 200 g/mol. The van der Waals surface area contributed by atoms with Crippen molar-refractivity contribution in [3.63, 3.8) is 0 Å². The number of anilines is 1. The lowest BCUT2D eigenvalue weighted by molar-refractivity contribution is 0.361. The molecule has 1 unspecified atom stereocenters. The zero-order chi connectivity index (χ0) is 11.0. The quantitative estimate of drug-likeness (QED) is 0.794. The van der Waals surface area contributed by atoms with Gasteiger partial charge in [-0.3, -0.25) is 0 Å². The van der Waals surface area contributed by atoms with E-state index in [0.29, 0.717) is 5.69 Å². The van der Waals surface area contributed by atoms with Crippen molar-refractivity contribution in [1.82, 2.24) is 5.16 Å². The lowest BCUT2D eigenvalue weighted by Gasteiger charge is -2.23. The Bertz CT molecular complexity index is 504. The zero-order valence-electron chi connectivity index (χ0n) is 9.02. The summed E-state index contributed by atoms with van der Waals surface area (Å²) in [5.41, 5.74) is 9.30. The molecule has 0 aliphatic heterocycles. The third kappa shape index (κ3) is 1.40. The fourth-order valence-corrected chi connectivity index (χ4v) is 2.55. The first-order valence-electron chi connectivity index (χ1n) is 5.64. The second-order valence-electron chi connectivity index (χ2n) is 4.29. The Balaban J connectivity index is 2.08. The van der Waals surface area contributed by atoms with Crippen LogP contribution >= 0.6 is 0 Å². The molecule has 1 aromatic carbocycles.